The number of rotatable bonds is 22. The van der Waals surface area contributed by atoms with Crippen molar-refractivity contribution in [2.24, 2.45) is 0 Å². The smallest absolute Gasteiger partial charge is 0.106 e. The summed E-state index contributed by atoms with van der Waals surface area (Å²) in [5.74, 6) is 0. The SMILES string of the molecule is CCCCCCCCCCCCCCCCCCC(O)(CC(O)CO)C(O)CO. The molecule has 5 N–H and O–H groups in total. The molecule has 5 heteroatoms. The first-order valence-corrected chi connectivity index (χ1v) is 12.3. The average Bonchev–Trinajstić information content (AvgIpc) is 2.72. The Morgan fingerprint density at radius 3 is 1.31 bits per heavy atom. The predicted octanol–water partition coefficient (Wildman–Crippen LogP) is 4.47. The van der Waals surface area contributed by atoms with Gasteiger partial charge in [-0.15, -0.1) is 0 Å². The highest BCUT2D eigenvalue weighted by molar-refractivity contribution is 4.88. The molecule has 0 aliphatic heterocycles. The van der Waals surface area contributed by atoms with Gasteiger partial charge in [0.2, 0.25) is 0 Å². The van der Waals surface area contributed by atoms with E-state index < -0.39 is 31.0 Å². The molecule has 3 unspecified atom stereocenters. The van der Waals surface area contributed by atoms with E-state index in [4.69, 9.17) is 10.2 Å². The van der Waals surface area contributed by atoms with E-state index >= 15 is 0 Å². The predicted molar refractivity (Wildman–Crippen MR) is 120 cm³/mol. The van der Waals surface area contributed by atoms with Crippen LogP contribution in [0, 0.1) is 0 Å². The molecule has 0 spiro atoms. The summed E-state index contributed by atoms with van der Waals surface area (Å²) < 4.78 is 0. The van der Waals surface area contributed by atoms with E-state index in [-0.39, 0.29) is 6.42 Å². The molecular formula is C24H50O5. The third-order valence-electron chi connectivity index (χ3n) is 6.06. The summed E-state index contributed by atoms with van der Waals surface area (Å²) >= 11 is 0. The van der Waals surface area contributed by atoms with Crippen molar-refractivity contribution < 1.29 is 25.5 Å². The Morgan fingerprint density at radius 1 is 0.586 bits per heavy atom. The van der Waals surface area contributed by atoms with Crippen LogP contribution >= 0.6 is 0 Å². The van der Waals surface area contributed by atoms with Crippen molar-refractivity contribution in [1.29, 1.82) is 0 Å². The van der Waals surface area contributed by atoms with E-state index in [9.17, 15) is 15.3 Å². The minimum atomic E-state index is -1.53. The first-order chi connectivity index (χ1) is 14.0. The lowest BCUT2D eigenvalue weighted by atomic mass is 9.85. The topological polar surface area (TPSA) is 101 Å². The average molecular weight is 419 g/mol. The summed E-state index contributed by atoms with van der Waals surface area (Å²) in [7, 11) is 0. The zero-order valence-electron chi connectivity index (χ0n) is 19.0. The normalized spacial score (nSPS) is 15.9. The van der Waals surface area contributed by atoms with Gasteiger partial charge in [0, 0.05) is 6.42 Å². The van der Waals surface area contributed by atoms with Gasteiger partial charge >= 0.3 is 0 Å². The molecule has 0 rings (SSSR count). The molecule has 0 saturated carbocycles. The van der Waals surface area contributed by atoms with Gasteiger partial charge in [-0.2, -0.15) is 0 Å². The van der Waals surface area contributed by atoms with Crippen LogP contribution in [0.5, 0.6) is 0 Å². The van der Waals surface area contributed by atoms with Crippen molar-refractivity contribution >= 4 is 0 Å². The second-order valence-electron chi connectivity index (χ2n) is 8.90. The van der Waals surface area contributed by atoms with E-state index in [0.29, 0.717) is 6.42 Å². The van der Waals surface area contributed by atoms with Crippen LogP contribution in [-0.4, -0.2) is 56.6 Å². The maximum Gasteiger partial charge on any atom is 0.106 e. The van der Waals surface area contributed by atoms with E-state index in [1.54, 1.807) is 0 Å². The van der Waals surface area contributed by atoms with Gasteiger partial charge in [0.25, 0.3) is 0 Å². The molecule has 0 aliphatic carbocycles. The van der Waals surface area contributed by atoms with Gasteiger partial charge in [-0.25, -0.2) is 0 Å². The summed E-state index contributed by atoms with van der Waals surface area (Å²) in [5, 5.41) is 48.0. The van der Waals surface area contributed by atoms with Gasteiger partial charge in [-0.1, -0.05) is 110 Å². The van der Waals surface area contributed by atoms with Crippen molar-refractivity contribution in [2.75, 3.05) is 13.2 Å². The lowest BCUT2D eigenvalue weighted by Gasteiger charge is -2.33. The van der Waals surface area contributed by atoms with E-state index in [2.05, 4.69) is 6.92 Å². The summed E-state index contributed by atoms with van der Waals surface area (Å²) in [6.07, 6.45) is 18.2. The van der Waals surface area contributed by atoms with Gasteiger partial charge in [-0.3, -0.25) is 0 Å². The molecule has 0 fully saturated rings. The first kappa shape index (κ1) is 28.8. The van der Waals surface area contributed by atoms with Crippen molar-refractivity contribution in [3.05, 3.63) is 0 Å². The van der Waals surface area contributed by atoms with Crippen molar-refractivity contribution in [1.82, 2.24) is 0 Å². The maximum atomic E-state index is 10.5. The molecule has 5 nitrogen and oxygen atoms in total. The van der Waals surface area contributed by atoms with E-state index in [1.165, 1.54) is 83.5 Å². The minimum Gasteiger partial charge on any atom is -0.394 e. The number of aliphatic hydroxyl groups is 5. The number of hydrogen-bond acceptors (Lipinski definition) is 5. The van der Waals surface area contributed by atoms with Crippen LogP contribution in [-0.2, 0) is 0 Å². The number of unbranched alkanes of at least 4 members (excludes halogenated alkanes) is 15. The fourth-order valence-electron chi connectivity index (χ4n) is 4.03. The lowest BCUT2D eigenvalue weighted by Crippen LogP contribution is -2.47. The fraction of sp³-hybridized carbons (Fsp3) is 1.00. The highest BCUT2D eigenvalue weighted by Crippen LogP contribution is 2.25. The Kier molecular flexibility index (Phi) is 19.6. The Hall–Kier alpha value is -0.200. The Balaban J connectivity index is 3.55. The summed E-state index contributed by atoms with van der Waals surface area (Å²) in [6, 6.07) is 0. The van der Waals surface area contributed by atoms with Crippen molar-refractivity contribution in [2.45, 2.75) is 140 Å². The Bertz CT molecular complexity index is 339. The molecular weight excluding hydrogens is 368 g/mol. The molecule has 176 valence electrons. The van der Waals surface area contributed by atoms with Crippen LogP contribution < -0.4 is 0 Å². The van der Waals surface area contributed by atoms with Gasteiger partial charge in [0.15, 0.2) is 0 Å². The largest absolute Gasteiger partial charge is 0.394 e. The molecule has 0 bridgehead atoms. The summed E-state index contributed by atoms with van der Waals surface area (Å²) in [5.41, 5.74) is -1.53. The van der Waals surface area contributed by atoms with Crippen molar-refractivity contribution in [3.8, 4) is 0 Å². The zero-order chi connectivity index (χ0) is 21.8. The van der Waals surface area contributed by atoms with Gasteiger partial charge in [0.05, 0.1) is 24.9 Å². The number of hydrogen-bond donors (Lipinski definition) is 5. The summed E-state index contributed by atoms with van der Waals surface area (Å²) in [6.45, 7) is 1.25. The van der Waals surface area contributed by atoms with Gasteiger partial charge in [-0.05, 0) is 6.42 Å². The molecule has 0 saturated heterocycles. The van der Waals surface area contributed by atoms with Gasteiger partial charge in [0.1, 0.15) is 6.10 Å². The van der Waals surface area contributed by atoms with Gasteiger partial charge < -0.3 is 25.5 Å². The standard InChI is InChI=1S/C24H50O5/c1-2-3-4-5-6-7-8-9-10-11-12-13-14-15-16-17-18-24(29,23(28)21-26)19-22(27)20-25/h22-23,25-29H,2-21H2,1H3. The highest BCUT2D eigenvalue weighted by atomic mass is 16.4. The van der Waals surface area contributed by atoms with E-state index in [0.717, 1.165) is 19.3 Å². The zero-order valence-corrected chi connectivity index (χ0v) is 19.0. The van der Waals surface area contributed by atoms with E-state index in [1.807, 2.05) is 0 Å². The maximum absolute atomic E-state index is 10.5. The molecule has 29 heavy (non-hydrogen) atoms. The molecule has 3 atom stereocenters. The fourth-order valence-corrected chi connectivity index (χ4v) is 4.03. The lowest BCUT2D eigenvalue weighted by molar-refractivity contribution is -0.125. The monoisotopic (exact) mass is 418 g/mol. The third-order valence-corrected chi connectivity index (χ3v) is 6.06. The first-order valence-electron chi connectivity index (χ1n) is 12.3. The summed E-state index contributed by atoms with van der Waals surface area (Å²) in [4.78, 5) is 0. The molecule has 0 aromatic carbocycles. The molecule has 0 heterocycles. The van der Waals surface area contributed by atoms with Crippen molar-refractivity contribution in [3.63, 3.8) is 0 Å². The number of aliphatic hydroxyl groups excluding tert-OH is 4. The molecule has 0 aliphatic rings. The minimum absolute atomic E-state index is 0.121. The van der Waals surface area contributed by atoms with Crippen LogP contribution in [0.3, 0.4) is 0 Å². The van der Waals surface area contributed by atoms with Crippen LogP contribution in [0.2, 0.25) is 0 Å². The molecule has 0 aromatic heterocycles. The molecule has 0 aromatic rings. The highest BCUT2D eigenvalue weighted by Gasteiger charge is 2.36. The second kappa shape index (κ2) is 19.7. The van der Waals surface area contributed by atoms with Crippen LogP contribution in [0.15, 0.2) is 0 Å². The van der Waals surface area contributed by atoms with Crippen LogP contribution in [0.4, 0.5) is 0 Å². The van der Waals surface area contributed by atoms with Crippen LogP contribution in [0.25, 0.3) is 0 Å². The molecule has 0 radical (unpaired) electrons. The molecule has 0 amide bonds. The Morgan fingerprint density at radius 2 is 0.966 bits per heavy atom. The quantitative estimate of drug-likeness (QED) is 0.167. The second-order valence-corrected chi connectivity index (χ2v) is 8.90. The van der Waals surface area contributed by atoms with Crippen LogP contribution in [0.1, 0.15) is 122 Å². The Labute approximate surface area is 179 Å². The third kappa shape index (κ3) is 16.2.